The number of carbonyl (C=O) groups excluding carboxylic acids is 1. The molecule has 1 aromatic rings. The Bertz CT molecular complexity index is 378. The molecule has 0 bridgehead atoms. The summed E-state index contributed by atoms with van der Waals surface area (Å²) in [4.78, 5) is 18.2. The molecule has 0 saturated heterocycles. The standard InChI is InChI=1S/C12H22N4OS/c1-9(2)16(3)7-6-14-12(17)10-8-18-11(15-10)4-5-13/h8-9H,4-7,13H2,1-3H3,(H,14,17). The smallest absolute Gasteiger partial charge is 0.270 e. The fourth-order valence-corrected chi connectivity index (χ4v) is 2.14. The van der Waals surface area contributed by atoms with Crippen LogP contribution in [0.15, 0.2) is 5.38 Å². The minimum Gasteiger partial charge on any atom is -0.349 e. The molecule has 18 heavy (non-hydrogen) atoms. The lowest BCUT2D eigenvalue weighted by Gasteiger charge is -2.20. The number of hydrogen-bond acceptors (Lipinski definition) is 5. The van der Waals surface area contributed by atoms with Gasteiger partial charge in [-0.2, -0.15) is 0 Å². The Labute approximate surface area is 112 Å². The molecule has 1 heterocycles. The number of nitrogens with one attached hydrogen (secondary N) is 1. The summed E-state index contributed by atoms with van der Waals surface area (Å²) in [6.45, 7) is 6.29. The maximum Gasteiger partial charge on any atom is 0.270 e. The number of likely N-dealkylation sites (N-methyl/N-ethyl adjacent to an activating group) is 1. The van der Waals surface area contributed by atoms with Crippen molar-refractivity contribution in [1.82, 2.24) is 15.2 Å². The Morgan fingerprint density at radius 1 is 1.61 bits per heavy atom. The molecule has 102 valence electrons. The first-order chi connectivity index (χ1) is 8.54. The molecular formula is C12H22N4OS. The van der Waals surface area contributed by atoms with E-state index in [4.69, 9.17) is 5.73 Å². The van der Waals surface area contributed by atoms with Gasteiger partial charge in [0.2, 0.25) is 0 Å². The summed E-state index contributed by atoms with van der Waals surface area (Å²) < 4.78 is 0. The third-order valence-corrected chi connectivity index (χ3v) is 3.68. The van der Waals surface area contributed by atoms with E-state index in [0.717, 1.165) is 18.0 Å². The molecule has 0 fully saturated rings. The van der Waals surface area contributed by atoms with Gasteiger partial charge in [-0.25, -0.2) is 4.98 Å². The fourth-order valence-electron chi connectivity index (χ4n) is 1.35. The zero-order valence-corrected chi connectivity index (χ0v) is 12.1. The van der Waals surface area contributed by atoms with E-state index >= 15 is 0 Å². The van der Waals surface area contributed by atoms with E-state index < -0.39 is 0 Å². The van der Waals surface area contributed by atoms with Crippen molar-refractivity contribution in [3.8, 4) is 0 Å². The first-order valence-corrected chi connectivity index (χ1v) is 7.05. The van der Waals surface area contributed by atoms with Crippen LogP contribution in [0.3, 0.4) is 0 Å². The van der Waals surface area contributed by atoms with E-state index in [2.05, 4.69) is 29.0 Å². The Kier molecular flexibility index (Phi) is 6.24. The van der Waals surface area contributed by atoms with Crippen molar-refractivity contribution in [2.45, 2.75) is 26.3 Å². The number of aromatic nitrogens is 1. The minimum atomic E-state index is -0.105. The predicted octanol–water partition coefficient (Wildman–Crippen LogP) is 0.714. The average Bonchev–Trinajstić information content (AvgIpc) is 2.77. The average molecular weight is 270 g/mol. The van der Waals surface area contributed by atoms with E-state index in [1.165, 1.54) is 11.3 Å². The predicted molar refractivity (Wildman–Crippen MR) is 75.0 cm³/mol. The summed E-state index contributed by atoms with van der Waals surface area (Å²) in [6, 6.07) is 0.484. The number of nitrogens with two attached hydrogens (primary N) is 1. The normalized spacial score (nSPS) is 11.2. The van der Waals surface area contributed by atoms with Crippen molar-refractivity contribution >= 4 is 17.2 Å². The van der Waals surface area contributed by atoms with Gasteiger partial charge in [-0.1, -0.05) is 0 Å². The lowest BCUT2D eigenvalue weighted by atomic mass is 10.3. The van der Waals surface area contributed by atoms with Crippen molar-refractivity contribution in [1.29, 1.82) is 0 Å². The van der Waals surface area contributed by atoms with Crippen molar-refractivity contribution in [2.75, 3.05) is 26.7 Å². The van der Waals surface area contributed by atoms with Crippen molar-refractivity contribution in [3.63, 3.8) is 0 Å². The molecular weight excluding hydrogens is 248 g/mol. The Morgan fingerprint density at radius 3 is 2.94 bits per heavy atom. The highest BCUT2D eigenvalue weighted by Gasteiger charge is 2.10. The van der Waals surface area contributed by atoms with Crippen LogP contribution >= 0.6 is 11.3 Å². The molecule has 1 aromatic heterocycles. The van der Waals surface area contributed by atoms with Gasteiger partial charge in [-0.3, -0.25) is 4.79 Å². The molecule has 0 saturated carbocycles. The van der Waals surface area contributed by atoms with Crippen LogP contribution in [0.2, 0.25) is 0 Å². The topological polar surface area (TPSA) is 71.2 Å². The molecule has 3 N–H and O–H groups in total. The maximum absolute atomic E-state index is 11.8. The number of rotatable bonds is 7. The van der Waals surface area contributed by atoms with Gasteiger partial charge < -0.3 is 16.0 Å². The van der Waals surface area contributed by atoms with Gasteiger partial charge in [0, 0.05) is 30.9 Å². The van der Waals surface area contributed by atoms with Gasteiger partial charge >= 0.3 is 0 Å². The van der Waals surface area contributed by atoms with Crippen LogP contribution in [-0.4, -0.2) is 48.5 Å². The fraction of sp³-hybridized carbons (Fsp3) is 0.667. The maximum atomic E-state index is 11.8. The summed E-state index contributed by atoms with van der Waals surface area (Å²) in [6.07, 6.45) is 0.730. The molecule has 0 spiro atoms. The van der Waals surface area contributed by atoms with Crippen LogP contribution in [-0.2, 0) is 6.42 Å². The van der Waals surface area contributed by atoms with Crippen molar-refractivity contribution < 1.29 is 4.79 Å². The molecule has 5 nitrogen and oxygen atoms in total. The van der Waals surface area contributed by atoms with Crippen LogP contribution in [0.1, 0.15) is 29.3 Å². The van der Waals surface area contributed by atoms with Gasteiger partial charge in [0.1, 0.15) is 5.69 Å². The highest BCUT2D eigenvalue weighted by atomic mass is 32.1. The van der Waals surface area contributed by atoms with Gasteiger partial charge in [0.05, 0.1) is 5.01 Å². The van der Waals surface area contributed by atoms with Crippen LogP contribution in [0.25, 0.3) is 0 Å². The van der Waals surface area contributed by atoms with E-state index in [0.29, 0.717) is 24.8 Å². The lowest BCUT2D eigenvalue weighted by molar-refractivity contribution is 0.0943. The second kappa shape index (κ2) is 7.45. The molecule has 1 rings (SSSR count). The molecule has 0 aromatic carbocycles. The first-order valence-electron chi connectivity index (χ1n) is 6.17. The van der Waals surface area contributed by atoms with Gasteiger partial charge in [0.15, 0.2) is 0 Å². The zero-order valence-electron chi connectivity index (χ0n) is 11.3. The Balaban J connectivity index is 2.36. The zero-order chi connectivity index (χ0) is 13.5. The highest BCUT2D eigenvalue weighted by Crippen LogP contribution is 2.09. The molecule has 0 aliphatic heterocycles. The van der Waals surface area contributed by atoms with Crippen molar-refractivity contribution in [3.05, 3.63) is 16.1 Å². The lowest BCUT2D eigenvalue weighted by Crippen LogP contribution is -2.36. The molecule has 0 radical (unpaired) electrons. The Hall–Kier alpha value is -0.980. The molecule has 0 aliphatic rings. The summed E-state index contributed by atoms with van der Waals surface area (Å²) in [5.74, 6) is -0.105. The number of hydrogen-bond donors (Lipinski definition) is 2. The largest absolute Gasteiger partial charge is 0.349 e. The van der Waals surface area contributed by atoms with E-state index in [1.807, 2.05) is 7.05 Å². The third kappa shape index (κ3) is 4.72. The second-order valence-electron chi connectivity index (χ2n) is 4.50. The van der Waals surface area contributed by atoms with E-state index in [-0.39, 0.29) is 5.91 Å². The molecule has 1 amide bonds. The summed E-state index contributed by atoms with van der Waals surface area (Å²) in [7, 11) is 2.04. The van der Waals surface area contributed by atoms with E-state index in [9.17, 15) is 4.79 Å². The molecule has 6 heteroatoms. The number of thiazole rings is 1. The first kappa shape index (κ1) is 15.1. The highest BCUT2D eigenvalue weighted by molar-refractivity contribution is 7.09. The summed E-state index contributed by atoms with van der Waals surface area (Å²) >= 11 is 1.48. The van der Waals surface area contributed by atoms with Gasteiger partial charge in [-0.05, 0) is 27.4 Å². The minimum absolute atomic E-state index is 0.105. The van der Waals surface area contributed by atoms with Crippen LogP contribution < -0.4 is 11.1 Å². The number of nitrogens with zero attached hydrogens (tertiary/aromatic N) is 2. The van der Waals surface area contributed by atoms with Crippen LogP contribution in [0.4, 0.5) is 0 Å². The second-order valence-corrected chi connectivity index (χ2v) is 5.44. The molecule has 0 unspecified atom stereocenters. The monoisotopic (exact) mass is 270 g/mol. The van der Waals surface area contributed by atoms with Crippen LogP contribution in [0, 0.1) is 0 Å². The quantitative estimate of drug-likeness (QED) is 0.765. The third-order valence-electron chi connectivity index (χ3n) is 2.77. The summed E-state index contributed by atoms with van der Waals surface area (Å²) in [5, 5.41) is 5.58. The summed E-state index contributed by atoms with van der Waals surface area (Å²) in [5.41, 5.74) is 5.94. The molecule has 0 aliphatic carbocycles. The SMILES string of the molecule is CC(C)N(C)CCNC(=O)c1csc(CCN)n1. The van der Waals surface area contributed by atoms with E-state index in [1.54, 1.807) is 5.38 Å². The van der Waals surface area contributed by atoms with Gasteiger partial charge in [-0.15, -0.1) is 11.3 Å². The van der Waals surface area contributed by atoms with Crippen LogP contribution in [0.5, 0.6) is 0 Å². The number of carbonyl (C=O) groups is 1. The number of amides is 1. The van der Waals surface area contributed by atoms with Gasteiger partial charge in [0.25, 0.3) is 5.91 Å². The van der Waals surface area contributed by atoms with Crippen molar-refractivity contribution in [2.24, 2.45) is 5.73 Å². The molecule has 0 atom stereocenters. The Morgan fingerprint density at radius 2 is 2.33 bits per heavy atom.